The van der Waals surface area contributed by atoms with Gasteiger partial charge in [-0.1, -0.05) is 42.3 Å². The molecule has 0 aliphatic heterocycles. The van der Waals surface area contributed by atoms with E-state index in [9.17, 15) is 0 Å². The van der Waals surface area contributed by atoms with Gasteiger partial charge in [-0.3, -0.25) is 0 Å². The summed E-state index contributed by atoms with van der Waals surface area (Å²) in [6.45, 7) is 2.11. The Morgan fingerprint density at radius 2 is 1.71 bits per heavy atom. The number of rotatable bonds is 6. The van der Waals surface area contributed by atoms with Gasteiger partial charge < -0.3 is 5.73 Å². The van der Waals surface area contributed by atoms with Crippen LogP contribution in [-0.2, 0) is 12.2 Å². The summed E-state index contributed by atoms with van der Waals surface area (Å²) in [4.78, 5) is 1.25. The van der Waals surface area contributed by atoms with Crippen LogP contribution in [0.3, 0.4) is 0 Å². The van der Waals surface area contributed by atoms with Gasteiger partial charge in [0.2, 0.25) is 0 Å². The minimum atomic E-state index is 0.179. The summed E-state index contributed by atoms with van der Waals surface area (Å²) in [5, 5.41) is 1.54. The molecule has 0 fully saturated rings. The van der Waals surface area contributed by atoms with Gasteiger partial charge in [0.1, 0.15) is 0 Å². The van der Waals surface area contributed by atoms with E-state index in [-0.39, 0.29) is 6.04 Å². The van der Waals surface area contributed by atoms with Gasteiger partial charge in [-0.25, -0.2) is 0 Å². The summed E-state index contributed by atoms with van der Waals surface area (Å²) in [6.07, 6.45) is 1.83. The lowest BCUT2D eigenvalue weighted by atomic mass is 10.0. The SMILES string of the molecule is CCC(N)Cc1cc(Cl)ccc1SCc1ccc(Cl)cc1. The lowest BCUT2D eigenvalue weighted by Gasteiger charge is -2.13. The lowest BCUT2D eigenvalue weighted by Crippen LogP contribution is -2.21. The molecule has 2 rings (SSSR count). The third-order valence-electron chi connectivity index (χ3n) is 3.34. The number of benzene rings is 2. The van der Waals surface area contributed by atoms with Gasteiger partial charge in [0.05, 0.1) is 0 Å². The van der Waals surface area contributed by atoms with Gasteiger partial charge in [0, 0.05) is 26.7 Å². The predicted octanol–water partition coefficient (Wildman–Crippen LogP) is 5.57. The zero-order valence-electron chi connectivity index (χ0n) is 12.0. The van der Waals surface area contributed by atoms with Crippen LogP contribution in [0.4, 0.5) is 0 Å². The van der Waals surface area contributed by atoms with Crippen LogP contribution in [0.25, 0.3) is 0 Å². The zero-order chi connectivity index (χ0) is 15.2. The highest BCUT2D eigenvalue weighted by Gasteiger charge is 2.08. The van der Waals surface area contributed by atoms with Crippen LogP contribution in [0.15, 0.2) is 47.4 Å². The summed E-state index contributed by atoms with van der Waals surface area (Å²) in [5.41, 5.74) is 8.57. The van der Waals surface area contributed by atoms with Crippen LogP contribution < -0.4 is 5.73 Å². The van der Waals surface area contributed by atoms with E-state index in [4.69, 9.17) is 28.9 Å². The van der Waals surface area contributed by atoms with Crippen molar-refractivity contribution >= 4 is 35.0 Å². The van der Waals surface area contributed by atoms with Crippen molar-refractivity contribution in [2.45, 2.75) is 36.5 Å². The van der Waals surface area contributed by atoms with E-state index >= 15 is 0 Å². The van der Waals surface area contributed by atoms with Crippen molar-refractivity contribution in [2.24, 2.45) is 5.73 Å². The van der Waals surface area contributed by atoms with E-state index in [2.05, 4.69) is 25.1 Å². The van der Waals surface area contributed by atoms with Crippen LogP contribution in [-0.4, -0.2) is 6.04 Å². The van der Waals surface area contributed by atoms with Crippen molar-refractivity contribution in [1.82, 2.24) is 0 Å². The van der Waals surface area contributed by atoms with Gasteiger partial charge in [0.25, 0.3) is 0 Å². The van der Waals surface area contributed by atoms with Crippen molar-refractivity contribution in [3.63, 3.8) is 0 Å². The molecule has 0 spiro atoms. The third-order valence-corrected chi connectivity index (χ3v) is 5.01. The highest BCUT2D eigenvalue weighted by molar-refractivity contribution is 7.98. The molecule has 2 aromatic carbocycles. The maximum absolute atomic E-state index is 6.11. The third kappa shape index (κ3) is 5.23. The van der Waals surface area contributed by atoms with Crippen LogP contribution in [0.2, 0.25) is 10.0 Å². The first-order valence-electron chi connectivity index (χ1n) is 6.99. The normalized spacial score (nSPS) is 12.4. The molecule has 0 heterocycles. The Labute approximate surface area is 140 Å². The van der Waals surface area contributed by atoms with Crippen LogP contribution in [0.5, 0.6) is 0 Å². The van der Waals surface area contributed by atoms with E-state index in [1.165, 1.54) is 16.0 Å². The molecule has 0 amide bonds. The first kappa shape index (κ1) is 16.7. The van der Waals surface area contributed by atoms with E-state index in [1.807, 2.05) is 36.0 Å². The van der Waals surface area contributed by atoms with Gasteiger partial charge >= 0.3 is 0 Å². The van der Waals surface area contributed by atoms with E-state index in [1.54, 1.807) is 0 Å². The molecule has 0 aliphatic carbocycles. The van der Waals surface area contributed by atoms with Gasteiger partial charge in [-0.2, -0.15) is 0 Å². The van der Waals surface area contributed by atoms with Crippen LogP contribution in [0, 0.1) is 0 Å². The Bertz CT molecular complexity index is 584. The van der Waals surface area contributed by atoms with E-state index < -0.39 is 0 Å². The maximum Gasteiger partial charge on any atom is 0.0409 e. The quantitative estimate of drug-likeness (QED) is 0.696. The average molecular weight is 340 g/mol. The van der Waals surface area contributed by atoms with Crippen molar-refractivity contribution in [3.8, 4) is 0 Å². The molecule has 2 aromatic rings. The van der Waals surface area contributed by atoms with Crippen molar-refractivity contribution in [2.75, 3.05) is 0 Å². The molecule has 0 aliphatic rings. The Hall–Kier alpha value is -0.670. The van der Waals surface area contributed by atoms with Crippen LogP contribution in [0.1, 0.15) is 24.5 Å². The molecule has 0 radical (unpaired) electrons. The average Bonchev–Trinajstić information content (AvgIpc) is 2.48. The van der Waals surface area contributed by atoms with Crippen LogP contribution >= 0.6 is 35.0 Å². The summed E-state index contributed by atoms with van der Waals surface area (Å²) in [5.74, 6) is 0.910. The first-order valence-corrected chi connectivity index (χ1v) is 8.74. The first-order chi connectivity index (χ1) is 10.1. The van der Waals surface area contributed by atoms with Crippen molar-refractivity contribution < 1.29 is 0 Å². The summed E-state index contributed by atoms with van der Waals surface area (Å²) in [6, 6.07) is 14.2. The minimum absolute atomic E-state index is 0.179. The smallest absolute Gasteiger partial charge is 0.0409 e. The van der Waals surface area contributed by atoms with Gasteiger partial charge in [-0.15, -0.1) is 11.8 Å². The van der Waals surface area contributed by atoms with Gasteiger partial charge in [0.15, 0.2) is 0 Å². The molecule has 0 aromatic heterocycles. The number of halogens is 2. The molecule has 112 valence electrons. The molecule has 0 saturated heterocycles. The summed E-state index contributed by atoms with van der Waals surface area (Å²) < 4.78 is 0. The molecule has 1 atom stereocenters. The molecule has 21 heavy (non-hydrogen) atoms. The zero-order valence-corrected chi connectivity index (χ0v) is 14.3. The second-order valence-electron chi connectivity index (χ2n) is 5.04. The van der Waals surface area contributed by atoms with E-state index in [0.29, 0.717) is 0 Å². The topological polar surface area (TPSA) is 26.0 Å². The second-order valence-corrected chi connectivity index (χ2v) is 6.93. The largest absolute Gasteiger partial charge is 0.327 e. The monoisotopic (exact) mass is 339 g/mol. The predicted molar refractivity (Wildman–Crippen MR) is 94.4 cm³/mol. The molecular weight excluding hydrogens is 321 g/mol. The Kier molecular flexibility index (Phi) is 6.43. The molecule has 2 N–H and O–H groups in total. The number of thioether (sulfide) groups is 1. The maximum atomic E-state index is 6.11. The molecule has 0 bridgehead atoms. The lowest BCUT2D eigenvalue weighted by molar-refractivity contribution is 0.641. The fraction of sp³-hybridized carbons (Fsp3) is 0.294. The molecule has 0 saturated carbocycles. The second kappa shape index (κ2) is 8.09. The molecule has 1 unspecified atom stereocenters. The Balaban J connectivity index is 2.09. The fourth-order valence-corrected chi connectivity index (χ4v) is 3.34. The standard InChI is InChI=1S/C17H19Cl2NS/c1-2-16(20)10-13-9-15(19)7-8-17(13)21-11-12-3-5-14(18)6-4-12/h3-9,16H,2,10-11,20H2,1H3. The highest BCUT2D eigenvalue weighted by Crippen LogP contribution is 2.29. The number of hydrogen-bond donors (Lipinski definition) is 1. The fourth-order valence-electron chi connectivity index (χ4n) is 2.02. The highest BCUT2D eigenvalue weighted by atomic mass is 35.5. The number of nitrogens with two attached hydrogens (primary N) is 1. The number of hydrogen-bond acceptors (Lipinski definition) is 2. The summed E-state index contributed by atoms with van der Waals surface area (Å²) in [7, 11) is 0. The Morgan fingerprint density at radius 3 is 2.38 bits per heavy atom. The van der Waals surface area contributed by atoms with Gasteiger partial charge in [-0.05, 0) is 54.3 Å². The van der Waals surface area contributed by atoms with Crippen molar-refractivity contribution in [3.05, 3.63) is 63.6 Å². The molecule has 1 nitrogen and oxygen atoms in total. The Morgan fingerprint density at radius 1 is 1.05 bits per heavy atom. The molecular formula is C17H19Cl2NS. The molecule has 4 heteroatoms. The minimum Gasteiger partial charge on any atom is -0.327 e. The van der Waals surface area contributed by atoms with Crippen molar-refractivity contribution in [1.29, 1.82) is 0 Å². The summed E-state index contributed by atoms with van der Waals surface area (Å²) >= 11 is 13.8. The van der Waals surface area contributed by atoms with E-state index in [0.717, 1.165) is 28.6 Å².